The first-order chi connectivity index (χ1) is 14.1. The Labute approximate surface area is 178 Å². The van der Waals surface area contributed by atoms with E-state index in [2.05, 4.69) is 24.1 Å². The van der Waals surface area contributed by atoms with Gasteiger partial charge in [0.25, 0.3) is 5.69 Å². The molecule has 2 fully saturated rings. The van der Waals surface area contributed by atoms with Crippen LogP contribution in [-0.2, 0) is 14.8 Å². The van der Waals surface area contributed by atoms with E-state index in [0.717, 1.165) is 25.9 Å². The van der Waals surface area contributed by atoms with E-state index in [4.69, 9.17) is 4.74 Å². The summed E-state index contributed by atoms with van der Waals surface area (Å²) in [5, 5.41) is 14.9. The number of benzene rings is 1. The lowest BCUT2D eigenvalue weighted by molar-refractivity contribution is -0.384. The molecule has 0 amide bonds. The molecule has 1 aromatic rings. The highest BCUT2D eigenvalue weighted by Gasteiger charge is 2.32. The standard InChI is InChI=1S/C20H32N4O5S/c1-16-5-4-8-23(14-16)30(27,28)17-6-7-18(19(13-17)24(25)26)21-15-20(2,3)22-9-11-29-12-10-22/h6-7,13,16,21H,4-5,8-12,14-15H2,1-3H3. The predicted molar refractivity (Wildman–Crippen MR) is 115 cm³/mol. The molecule has 1 aromatic carbocycles. The third kappa shape index (κ3) is 5.11. The number of sulfonamides is 1. The number of hydrogen-bond acceptors (Lipinski definition) is 7. The molecule has 0 spiro atoms. The maximum Gasteiger partial charge on any atom is 0.293 e. The molecule has 2 saturated heterocycles. The Morgan fingerprint density at radius 1 is 1.27 bits per heavy atom. The van der Waals surface area contributed by atoms with E-state index < -0.39 is 14.9 Å². The van der Waals surface area contributed by atoms with Crippen LogP contribution in [0.15, 0.2) is 23.1 Å². The van der Waals surface area contributed by atoms with Gasteiger partial charge in [0.05, 0.1) is 23.0 Å². The highest BCUT2D eigenvalue weighted by molar-refractivity contribution is 7.89. The molecule has 0 aromatic heterocycles. The molecule has 0 aliphatic carbocycles. The predicted octanol–water partition coefficient (Wildman–Crippen LogP) is 2.54. The van der Waals surface area contributed by atoms with E-state index in [0.29, 0.717) is 38.5 Å². The van der Waals surface area contributed by atoms with E-state index in [-0.39, 0.29) is 22.0 Å². The fraction of sp³-hybridized carbons (Fsp3) is 0.700. The van der Waals surface area contributed by atoms with Crippen LogP contribution in [0.5, 0.6) is 0 Å². The highest BCUT2D eigenvalue weighted by atomic mass is 32.2. The van der Waals surface area contributed by atoms with Gasteiger partial charge in [0.1, 0.15) is 5.69 Å². The molecule has 1 unspecified atom stereocenters. The molecule has 2 aliphatic heterocycles. The molecule has 0 bridgehead atoms. The molecule has 10 heteroatoms. The summed E-state index contributed by atoms with van der Waals surface area (Å²) >= 11 is 0. The molecule has 3 rings (SSSR count). The van der Waals surface area contributed by atoms with Crippen molar-refractivity contribution in [2.75, 3.05) is 51.3 Å². The third-order valence-corrected chi connectivity index (χ3v) is 7.86. The van der Waals surface area contributed by atoms with Crippen molar-refractivity contribution in [2.24, 2.45) is 5.92 Å². The minimum Gasteiger partial charge on any atom is -0.379 e. The van der Waals surface area contributed by atoms with Crippen molar-refractivity contribution in [3.63, 3.8) is 0 Å². The minimum atomic E-state index is -3.75. The van der Waals surface area contributed by atoms with Crippen molar-refractivity contribution in [3.8, 4) is 0 Å². The van der Waals surface area contributed by atoms with Crippen molar-refractivity contribution in [1.29, 1.82) is 0 Å². The second kappa shape index (κ2) is 9.17. The topological polar surface area (TPSA) is 105 Å². The van der Waals surface area contributed by atoms with Crippen LogP contribution < -0.4 is 5.32 Å². The molecular weight excluding hydrogens is 408 g/mol. The zero-order valence-electron chi connectivity index (χ0n) is 18.0. The second-order valence-corrected chi connectivity index (χ2v) is 10.7. The monoisotopic (exact) mass is 440 g/mol. The third-order valence-electron chi connectivity index (χ3n) is 6.00. The van der Waals surface area contributed by atoms with Gasteiger partial charge in [0.15, 0.2) is 0 Å². The Kier molecular flexibility index (Phi) is 7.01. The Balaban J connectivity index is 1.79. The van der Waals surface area contributed by atoms with E-state index in [1.807, 2.05) is 6.92 Å². The fourth-order valence-corrected chi connectivity index (χ4v) is 5.70. The maximum absolute atomic E-state index is 13.0. The Hall–Kier alpha value is -1.75. The van der Waals surface area contributed by atoms with Crippen molar-refractivity contribution in [3.05, 3.63) is 28.3 Å². The normalized spacial score (nSPS) is 22.0. The zero-order chi connectivity index (χ0) is 21.9. The van der Waals surface area contributed by atoms with Gasteiger partial charge in [-0.15, -0.1) is 0 Å². The van der Waals surface area contributed by atoms with Crippen LogP contribution >= 0.6 is 0 Å². The number of ether oxygens (including phenoxy) is 1. The largest absolute Gasteiger partial charge is 0.379 e. The second-order valence-electron chi connectivity index (χ2n) is 8.81. The average Bonchev–Trinajstić information content (AvgIpc) is 2.72. The van der Waals surface area contributed by atoms with Gasteiger partial charge in [0, 0.05) is 44.3 Å². The van der Waals surface area contributed by atoms with E-state index in [1.165, 1.54) is 22.5 Å². The molecule has 2 heterocycles. The number of morpholine rings is 1. The summed E-state index contributed by atoms with van der Waals surface area (Å²) in [4.78, 5) is 13.4. The van der Waals surface area contributed by atoms with E-state index >= 15 is 0 Å². The summed E-state index contributed by atoms with van der Waals surface area (Å²) in [6.45, 7) is 10.5. The number of rotatable bonds is 7. The Morgan fingerprint density at radius 2 is 1.97 bits per heavy atom. The molecule has 1 atom stereocenters. The maximum atomic E-state index is 13.0. The van der Waals surface area contributed by atoms with E-state index in [9.17, 15) is 18.5 Å². The lowest BCUT2D eigenvalue weighted by Gasteiger charge is -2.41. The fourth-order valence-electron chi connectivity index (χ4n) is 4.08. The first kappa shape index (κ1) is 22.9. The van der Waals surface area contributed by atoms with Gasteiger partial charge in [-0.3, -0.25) is 15.0 Å². The smallest absolute Gasteiger partial charge is 0.293 e. The number of nitrogens with zero attached hydrogens (tertiary/aromatic N) is 3. The first-order valence-electron chi connectivity index (χ1n) is 10.5. The summed E-state index contributed by atoms with van der Waals surface area (Å²) in [5.41, 5.74) is -0.127. The van der Waals surface area contributed by atoms with Gasteiger partial charge in [-0.25, -0.2) is 8.42 Å². The van der Waals surface area contributed by atoms with Crippen LogP contribution in [0.4, 0.5) is 11.4 Å². The van der Waals surface area contributed by atoms with Crippen molar-refractivity contribution < 1.29 is 18.1 Å². The molecule has 30 heavy (non-hydrogen) atoms. The number of anilines is 1. The summed E-state index contributed by atoms with van der Waals surface area (Å²) in [6.07, 6.45) is 1.80. The molecule has 2 aliphatic rings. The summed E-state index contributed by atoms with van der Waals surface area (Å²) in [5.74, 6) is 0.284. The number of hydrogen-bond donors (Lipinski definition) is 1. The number of nitro benzene ring substituents is 1. The molecule has 0 saturated carbocycles. The van der Waals surface area contributed by atoms with Gasteiger partial charge < -0.3 is 10.1 Å². The SMILES string of the molecule is CC1CCCN(S(=O)(=O)c2ccc(NCC(C)(C)N3CCOCC3)c([N+](=O)[O-])c2)C1. The van der Waals surface area contributed by atoms with Gasteiger partial charge in [0.2, 0.25) is 10.0 Å². The average molecular weight is 441 g/mol. The van der Waals surface area contributed by atoms with Gasteiger partial charge in [-0.1, -0.05) is 6.92 Å². The lowest BCUT2D eigenvalue weighted by Crippen LogP contribution is -2.53. The van der Waals surface area contributed by atoms with Crippen molar-refractivity contribution >= 4 is 21.4 Å². The Bertz CT molecular complexity index is 868. The molecular formula is C20H32N4O5S. The quantitative estimate of drug-likeness (QED) is 0.513. The van der Waals surface area contributed by atoms with Crippen LogP contribution in [0, 0.1) is 16.0 Å². The van der Waals surface area contributed by atoms with Crippen LogP contribution in [0.3, 0.4) is 0 Å². The number of nitrogens with one attached hydrogen (secondary N) is 1. The van der Waals surface area contributed by atoms with Crippen LogP contribution in [0.2, 0.25) is 0 Å². The van der Waals surface area contributed by atoms with Gasteiger partial charge >= 0.3 is 0 Å². The van der Waals surface area contributed by atoms with Crippen molar-refractivity contribution in [2.45, 2.75) is 44.0 Å². The van der Waals surface area contributed by atoms with E-state index in [1.54, 1.807) is 0 Å². The lowest BCUT2D eigenvalue weighted by atomic mass is 10.0. The summed E-state index contributed by atoms with van der Waals surface area (Å²) < 4.78 is 32.9. The summed E-state index contributed by atoms with van der Waals surface area (Å²) in [7, 11) is -3.75. The molecule has 168 valence electrons. The zero-order valence-corrected chi connectivity index (χ0v) is 18.8. The number of piperidine rings is 1. The van der Waals surface area contributed by atoms with Crippen LogP contribution in [0.25, 0.3) is 0 Å². The van der Waals surface area contributed by atoms with Crippen molar-refractivity contribution in [1.82, 2.24) is 9.21 Å². The number of nitro groups is 1. The van der Waals surface area contributed by atoms with Gasteiger partial charge in [-0.2, -0.15) is 4.31 Å². The van der Waals surface area contributed by atoms with Gasteiger partial charge in [-0.05, 0) is 44.7 Å². The van der Waals surface area contributed by atoms with Crippen LogP contribution in [0.1, 0.15) is 33.6 Å². The first-order valence-corrected chi connectivity index (χ1v) is 11.9. The Morgan fingerprint density at radius 3 is 2.60 bits per heavy atom. The van der Waals surface area contributed by atoms with Crippen LogP contribution in [-0.4, -0.2) is 74.0 Å². The summed E-state index contributed by atoms with van der Waals surface area (Å²) in [6, 6.07) is 4.15. The highest BCUT2D eigenvalue weighted by Crippen LogP contribution is 2.31. The molecule has 1 N–H and O–H groups in total. The molecule has 9 nitrogen and oxygen atoms in total. The minimum absolute atomic E-state index is 0.0266. The molecule has 0 radical (unpaired) electrons.